The van der Waals surface area contributed by atoms with E-state index in [4.69, 9.17) is 16.4 Å². The molecule has 2 unspecified atom stereocenters. The molecule has 1 aromatic heterocycles. The van der Waals surface area contributed by atoms with Crippen molar-refractivity contribution in [3.05, 3.63) is 95.8 Å². The number of pyridine rings is 1. The van der Waals surface area contributed by atoms with Crippen LogP contribution < -0.4 is 10.6 Å². The van der Waals surface area contributed by atoms with Gasteiger partial charge in [0.05, 0.1) is 11.8 Å². The van der Waals surface area contributed by atoms with E-state index in [-0.39, 0.29) is 23.7 Å². The fourth-order valence-corrected chi connectivity index (χ4v) is 3.48. The molecule has 0 fully saturated rings. The Labute approximate surface area is 190 Å². The standard InChI is InChI=1S/C24H21ClN4O3/c25-14-22(30)28-23(16-5-2-1-3-6-16)17-8-10-19(11-9-17)27-24(31)21-13-20(29-32-21)18-7-4-12-26-15-18/h1-12,15,21,23H,13-14H2,(H,27,31)(H,28,30). The lowest BCUT2D eigenvalue weighted by atomic mass is 9.98. The highest BCUT2D eigenvalue weighted by Gasteiger charge is 2.29. The van der Waals surface area contributed by atoms with Gasteiger partial charge in [-0.25, -0.2) is 0 Å². The van der Waals surface area contributed by atoms with Crippen molar-refractivity contribution >= 4 is 34.8 Å². The second kappa shape index (κ2) is 10.1. The van der Waals surface area contributed by atoms with Crippen LogP contribution in [0.2, 0.25) is 0 Å². The van der Waals surface area contributed by atoms with Crippen molar-refractivity contribution in [1.29, 1.82) is 0 Å². The summed E-state index contributed by atoms with van der Waals surface area (Å²) in [5.74, 6) is -0.668. The Kier molecular flexibility index (Phi) is 6.77. The number of alkyl halides is 1. The molecule has 2 amide bonds. The topological polar surface area (TPSA) is 92.7 Å². The molecule has 32 heavy (non-hydrogen) atoms. The van der Waals surface area contributed by atoms with Gasteiger partial charge in [0.25, 0.3) is 5.91 Å². The van der Waals surface area contributed by atoms with Gasteiger partial charge in [0, 0.05) is 30.1 Å². The molecule has 2 atom stereocenters. The summed E-state index contributed by atoms with van der Waals surface area (Å²) in [6.45, 7) is 0. The zero-order valence-electron chi connectivity index (χ0n) is 17.1. The minimum atomic E-state index is -0.704. The van der Waals surface area contributed by atoms with Gasteiger partial charge >= 0.3 is 0 Å². The van der Waals surface area contributed by atoms with Crippen molar-refractivity contribution in [3.8, 4) is 0 Å². The predicted molar refractivity (Wildman–Crippen MR) is 122 cm³/mol. The molecular weight excluding hydrogens is 428 g/mol. The van der Waals surface area contributed by atoms with E-state index in [2.05, 4.69) is 20.8 Å². The molecule has 1 aliphatic heterocycles. The second-order valence-corrected chi connectivity index (χ2v) is 7.50. The third-order valence-corrected chi connectivity index (χ3v) is 5.27. The molecule has 7 nitrogen and oxygen atoms in total. The van der Waals surface area contributed by atoms with Gasteiger partial charge in [-0.1, -0.05) is 47.6 Å². The molecule has 162 valence electrons. The molecule has 4 rings (SSSR count). The van der Waals surface area contributed by atoms with Crippen molar-refractivity contribution in [2.45, 2.75) is 18.6 Å². The summed E-state index contributed by atoms with van der Waals surface area (Å²) in [5.41, 5.74) is 3.94. The number of oxime groups is 1. The first-order valence-corrected chi connectivity index (χ1v) is 10.6. The Balaban J connectivity index is 1.42. The zero-order chi connectivity index (χ0) is 22.3. The van der Waals surface area contributed by atoms with E-state index in [0.29, 0.717) is 17.8 Å². The van der Waals surface area contributed by atoms with Crippen LogP contribution in [0, 0.1) is 0 Å². The highest BCUT2D eigenvalue weighted by molar-refractivity contribution is 6.27. The number of aromatic nitrogens is 1. The first-order chi connectivity index (χ1) is 15.6. The molecule has 2 heterocycles. The van der Waals surface area contributed by atoms with Crippen molar-refractivity contribution in [1.82, 2.24) is 10.3 Å². The molecule has 8 heteroatoms. The van der Waals surface area contributed by atoms with Gasteiger partial charge in [-0.15, -0.1) is 11.6 Å². The summed E-state index contributed by atoms with van der Waals surface area (Å²) >= 11 is 5.68. The lowest BCUT2D eigenvalue weighted by molar-refractivity contribution is -0.125. The summed E-state index contributed by atoms with van der Waals surface area (Å²) < 4.78 is 0. The van der Waals surface area contributed by atoms with E-state index >= 15 is 0 Å². The number of benzene rings is 2. The highest BCUT2D eigenvalue weighted by Crippen LogP contribution is 2.24. The maximum atomic E-state index is 12.6. The van der Waals surface area contributed by atoms with Crippen LogP contribution in [0.5, 0.6) is 0 Å². The predicted octanol–water partition coefficient (Wildman–Crippen LogP) is 3.66. The molecule has 1 aliphatic rings. The van der Waals surface area contributed by atoms with E-state index in [1.807, 2.05) is 54.6 Å². The minimum Gasteiger partial charge on any atom is -0.382 e. The molecule has 2 aromatic carbocycles. The van der Waals surface area contributed by atoms with Gasteiger partial charge in [-0.2, -0.15) is 0 Å². The number of amides is 2. The van der Waals surface area contributed by atoms with Crippen LogP contribution in [0.15, 0.2) is 84.3 Å². The SMILES string of the molecule is O=C(CCl)NC(c1ccccc1)c1ccc(NC(=O)C2CC(c3cccnc3)=NO2)cc1. The molecule has 0 saturated heterocycles. The van der Waals surface area contributed by atoms with E-state index in [1.54, 1.807) is 24.5 Å². The lowest BCUT2D eigenvalue weighted by Gasteiger charge is -2.20. The number of hydrogen-bond acceptors (Lipinski definition) is 5. The number of anilines is 1. The van der Waals surface area contributed by atoms with Crippen LogP contribution >= 0.6 is 11.6 Å². The summed E-state index contributed by atoms with van der Waals surface area (Å²) in [7, 11) is 0. The van der Waals surface area contributed by atoms with Crippen molar-refractivity contribution in [2.75, 3.05) is 11.2 Å². The third kappa shape index (κ3) is 5.12. The molecule has 2 N–H and O–H groups in total. The smallest absolute Gasteiger partial charge is 0.268 e. The van der Waals surface area contributed by atoms with Crippen molar-refractivity contribution in [2.24, 2.45) is 5.16 Å². The van der Waals surface area contributed by atoms with Crippen molar-refractivity contribution in [3.63, 3.8) is 0 Å². The summed E-state index contributed by atoms with van der Waals surface area (Å²) in [6.07, 6.45) is 3.03. The normalized spacial score (nSPS) is 15.9. The largest absolute Gasteiger partial charge is 0.382 e. The zero-order valence-corrected chi connectivity index (χ0v) is 17.8. The molecule has 0 spiro atoms. The van der Waals surface area contributed by atoms with Crippen LogP contribution in [0.3, 0.4) is 0 Å². The Hall–Kier alpha value is -3.71. The van der Waals surface area contributed by atoms with E-state index in [9.17, 15) is 9.59 Å². The van der Waals surface area contributed by atoms with E-state index in [0.717, 1.165) is 16.7 Å². The Morgan fingerprint density at radius 1 is 1.03 bits per heavy atom. The Morgan fingerprint density at radius 2 is 1.78 bits per heavy atom. The second-order valence-electron chi connectivity index (χ2n) is 7.23. The molecule has 0 aliphatic carbocycles. The third-order valence-electron chi connectivity index (χ3n) is 5.03. The number of nitrogens with one attached hydrogen (secondary N) is 2. The summed E-state index contributed by atoms with van der Waals surface area (Å²) in [5, 5.41) is 9.80. The quantitative estimate of drug-likeness (QED) is 0.539. The first-order valence-electron chi connectivity index (χ1n) is 10.1. The van der Waals surface area contributed by atoms with Gasteiger partial charge in [0.15, 0.2) is 0 Å². The number of halogens is 1. The number of carbonyl (C=O) groups is 2. The monoisotopic (exact) mass is 448 g/mol. The number of hydrogen-bond donors (Lipinski definition) is 2. The van der Waals surface area contributed by atoms with Gasteiger partial charge in [-0.3, -0.25) is 14.6 Å². The fraction of sp³-hybridized carbons (Fsp3) is 0.167. The van der Waals surface area contributed by atoms with Gasteiger partial charge < -0.3 is 15.5 Å². The average molecular weight is 449 g/mol. The van der Waals surface area contributed by atoms with Crippen LogP contribution in [-0.2, 0) is 14.4 Å². The maximum absolute atomic E-state index is 12.6. The average Bonchev–Trinajstić information content (AvgIpc) is 3.35. The maximum Gasteiger partial charge on any atom is 0.268 e. The van der Waals surface area contributed by atoms with Crippen LogP contribution in [-0.4, -0.2) is 34.5 Å². The molecule has 3 aromatic rings. The highest BCUT2D eigenvalue weighted by atomic mass is 35.5. The molecule has 0 bridgehead atoms. The first kappa shape index (κ1) is 21.5. The van der Waals surface area contributed by atoms with Crippen LogP contribution in [0.1, 0.15) is 29.2 Å². The molecular formula is C24H21ClN4O3. The summed E-state index contributed by atoms with van der Waals surface area (Å²) in [4.78, 5) is 33.9. The Bertz CT molecular complexity index is 1110. The molecule has 0 radical (unpaired) electrons. The fourth-order valence-electron chi connectivity index (χ4n) is 3.41. The summed E-state index contributed by atoms with van der Waals surface area (Å²) in [6, 6.07) is 20.2. The Morgan fingerprint density at radius 3 is 2.47 bits per heavy atom. The number of carbonyl (C=O) groups excluding carboxylic acids is 2. The van der Waals surface area contributed by atoms with Gasteiger partial charge in [0.2, 0.25) is 12.0 Å². The van der Waals surface area contributed by atoms with Crippen LogP contribution in [0.25, 0.3) is 0 Å². The van der Waals surface area contributed by atoms with E-state index < -0.39 is 6.10 Å². The number of nitrogens with zero attached hydrogens (tertiary/aromatic N) is 2. The van der Waals surface area contributed by atoms with Gasteiger partial charge in [0.1, 0.15) is 5.88 Å². The lowest BCUT2D eigenvalue weighted by Crippen LogP contribution is -2.30. The number of rotatable bonds is 7. The van der Waals surface area contributed by atoms with E-state index in [1.165, 1.54) is 0 Å². The van der Waals surface area contributed by atoms with Gasteiger partial charge in [-0.05, 0) is 35.4 Å². The molecule has 0 saturated carbocycles. The van der Waals surface area contributed by atoms with Crippen LogP contribution in [0.4, 0.5) is 5.69 Å². The minimum absolute atomic E-state index is 0.123. The van der Waals surface area contributed by atoms with Crippen molar-refractivity contribution < 1.29 is 14.4 Å².